The van der Waals surface area contributed by atoms with Gasteiger partial charge in [-0.05, 0) is 79.7 Å². The van der Waals surface area contributed by atoms with Crippen LogP contribution in [0.5, 0.6) is 0 Å². The summed E-state index contributed by atoms with van der Waals surface area (Å²) in [5.41, 5.74) is 1.55. The van der Waals surface area contributed by atoms with Crippen LogP contribution in [0, 0.1) is 0 Å². The molecule has 2 heterocycles. The molecule has 1 aliphatic carbocycles. The van der Waals surface area contributed by atoms with E-state index in [0.717, 1.165) is 6.54 Å². The lowest BCUT2D eigenvalue weighted by molar-refractivity contribution is 0.167. The van der Waals surface area contributed by atoms with Gasteiger partial charge in [0.1, 0.15) is 0 Å². The van der Waals surface area contributed by atoms with Gasteiger partial charge in [-0.2, -0.15) is 0 Å². The Morgan fingerprint density at radius 3 is 2.95 bits per heavy atom. The number of likely N-dealkylation sites (tertiary alicyclic amines) is 1. The van der Waals surface area contributed by atoms with Gasteiger partial charge in [0.2, 0.25) is 0 Å². The molecule has 3 rings (SSSR count). The second kappa shape index (κ2) is 6.91. The minimum atomic E-state index is 0.577. The average molecular weight is 357 g/mol. The Balaban J connectivity index is 1.56. The Bertz CT molecular complexity index is 440. The Morgan fingerprint density at radius 2 is 2.15 bits per heavy atom. The van der Waals surface area contributed by atoms with Crippen LogP contribution in [0.2, 0.25) is 0 Å². The maximum absolute atomic E-state index is 3.83. The molecule has 1 N–H and O–H groups in total. The molecular formula is C16H25BrN2S. The number of hydrogen-bond donors (Lipinski definition) is 1. The number of aryl methyl sites for hydroxylation is 1. The third-order valence-corrected chi connectivity index (χ3v) is 6.47. The van der Waals surface area contributed by atoms with Gasteiger partial charge in [0.05, 0.1) is 3.79 Å². The van der Waals surface area contributed by atoms with Crippen molar-refractivity contribution in [3.8, 4) is 0 Å². The zero-order valence-electron chi connectivity index (χ0n) is 12.3. The van der Waals surface area contributed by atoms with E-state index < -0.39 is 0 Å². The molecule has 1 aromatic heterocycles. The summed E-state index contributed by atoms with van der Waals surface area (Å²) in [6.45, 7) is 6.09. The molecule has 2 nitrogen and oxygen atoms in total. The van der Waals surface area contributed by atoms with E-state index in [0.29, 0.717) is 12.1 Å². The van der Waals surface area contributed by atoms with E-state index in [-0.39, 0.29) is 0 Å². The minimum absolute atomic E-state index is 0.577. The minimum Gasteiger partial charge on any atom is -0.308 e. The lowest BCUT2D eigenvalue weighted by atomic mass is 9.94. The lowest BCUT2D eigenvalue weighted by Gasteiger charge is -2.34. The van der Waals surface area contributed by atoms with Crippen LogP contribution >= 0.6 is 27.3 Å². The molecule has 1 aliphatic heterocycles. The predicted octanol–water partition coefficient (Wildman–Crippen LogP) is 4.35. The highest BCUT2D eigenvalue weighted by Crippen LogP contribution is 2.37. The Morgan fingerprint density at radius 1 is 1.35 bits per heavy atom. The van der Waals surface area contributed by atoms with E-state index >= 15 is 0 Å². The summed E-state index contributed by atoms with van der Waals surface area (Å²) in [6.07, 6.45) is 8.08. The quantitative estimate of drug-likeness (QED) is 0.862. The fourth-order valence-corrected chi connectivity index (χ4v) is 5.35. The first-order valence-corrected chi connectivity index (χ1v) is 9.60. The molecule has 1 fully saturated rings. The topological polar surface area (TPSA) is 15.3 Å². The summed E-state index contributed by atoms with van der Waals surface area (Å²) < 4.78 is 1.29. The van der Waals surface area contributed by atoms with Crippen molar-refractivity contribution in [1.82, 2.24) is 10.2 Å². The number of fused-ring (bicyclic) bond motifs is 1. The van der Waals surface area contributed by atoms with Crippen molar-refractivity contribution in [2.75, 3.05) is 19.6 Å². The van der Waals surface area contributed by atoms with Gasteiger partial charge < -0.3 is 5.32 Å². The van der Waals surface area contributed by atoms with E-state index in [2.05, 4.69) is 39.1 Å². The molecule has 2 atom stereocenters. The number of hydrogen-bond acceptors (Lipinski definition) is 3. The van der Waals surface area contributed by atoms with Gasteiger partial charge >= 0.3 is 0 Å². The number of rotatable bonds is 4. The number of piperidine rings is 1. The SMILES string of the molecule is CC(CNC1CCCc2sc(Br)cc21)N1CCCCC1. The summed E-state index contributed by atoms with van der Waals surface area (Å²) >= 11 is 5.57. The molecule has 0 spiro atoms. The van der Waals surface area contributed by atoms with E-state index in [9.17, 15) is 0 Å². The number of nitrogens with one attached hydrogen (secondary N) is 1. The van der Waals surface area contributed by atoms with Crippen molar-refractivity contribution in [1.29, 1.82) is 0 Å². The summed E-state index contributed by atoms with van der Waals surface area (Å²) in [4.78, 5) is 4.25. The highest BCUT2D eigenvalue weighted by molar-refractivity contribution is 9.11. The molecule has 0 radical (unpaired) electrons. The second-order valence-corrected chi connectivity index (χ2v) is 8.74. The molecule has 0 amide bonds. The molecule has 1 saturated heterocycles. The highest BCUT2D eigenvalue weighted by atomic mass is 79.9. The Hall–Kier alpha value is 0.1000. The zero-order chi connectivity index (χ0) is 13.9. The first-order chi connectivity index (χ1) is 9.74. The third kappa shape index (κ3) is 3.46. The van der Waals surface area contributed by atoms with Gasteiger partial charge in [0.25, 0.3) is 0 Å². The van der Waals surface area contributed by atoms with Crippen LogP contribution in [0.25, 0.3) is 0 Å². The van der Waals surface area contributed by atoms with Crippen LogP contribution in [-0.4, -0.2) is 30.6 Å². The van der Waals surface area contributed by atoms with E-state index in [4.69, 9.17) is 0 Å². The van der Waals surface area contributed by atoms with Gasteiger partial charge in [-0.3, -0.25) is 4.90 Å². The second-order valence-electron chi connectivity index (χ2n) is 6.23. The molecule has 2 unspecified atom stereocenters. The van der Waals surface area contributed by atoms with Gasteiger partial charge in [-0.1, -0.05) is 6.42 Å². The molecule has 0 aromatic carbocycles. The molecule has 20 heavy (non-hydrogen) atoms. The van der Waals surface area contributed by atoms with Crippen molar-refractivity contribution >= 4 is 27.3 Å². The van der Waals surface area contributed by atoms with Crippen LogP contribution < -0.4 is 5.32 Å². The van der Waals surface area contributed by atoms with Crippen molar-refractivity contribution in [3.63, 3.8) is 0 Å². The molecule has 0 bridgehead atoms. The van der Waals surface area contributed by atoms with Gasteiger partial charge in [-0.15, -0.1) is 11.3 Å². The van der Waals surface area contributed by atoms with Crippen molar-refractivity contribution in [2.45, 2.75) is 57.5 Å². The van der Waals surface area contributed by atoms with Crippen molar-refractivity contribution in [2.24, 2.45) is 0 Å². The molecule has 0 saturated carbocycles. The summed E-state index contributed by atoms with van der Waals surface area (Å²) in [6, 6.07) is 3.58. The van der Waals surface area contributed by atoms with Gasteiger partial charge in [-0.25, -0.2) is 0 Å². The first kappa shape index (κ1) is 15.0. The molecule has 2 aliphatic rings. The molecule has 4 heteroatoms. The summed E-state index contributed by atoms with van der Waals surface area (Å²) in [5.74, 6) is 0. The fourth-order valence-electron chi connectivity index (χ4n) is 3.53. The summed E-state index contributed by atoms with van der Waals surface area (Å²) in [5, 5.41) is 3.83. The first-order valence-electron chi connectivity index (χ1n) is 7.99. The maximum atomic E-state index is 3.83. The van der Waals surface area contributed by atoms with Crippen molar-refractivity contribution in [3.05, 3.63) is 20.3 Å². The standard InChI is InChI=1S/C16H25BrN2S/c1-12(19-8-3-2-4-9-19)11-18-14-6-5-7-15-13(14)10-16(17)20-15/h10,12,14,18H,2-9,11H2,1H3. The van der Waals surface area contributed by atoms with Crippen LogP contribution in [0.1, 0.15) is 55.5 Å². The van der Waals surface area contributed by atoms with E-state index in [1.54, 1.807) is 10.4 Å². The monoisotopic (exact) mass is 356 g/mol. The number of nitrogens with zero attached hydrogens (tertiary/aromatic N) is 1. The molecular weight excluding hydrogens is 332 g/mol. The average Bonchev–Trinajstić information content (AvgIpc) is 2.86. The fraction of sp³-hybridized carbons (Fsp3) is 0.750. The van der Waals surface area contributed by atoms with E-state index in [1.165, 1.54) is 55.4 Å². The number of thiophene rings is 1. The largest absolute Gasteiger partial charge is 0.308 e. The van der Waals surface area contributed by atoms with Crippen LogP contribution in [-0.2, 0) is 6.42 Å². The Kier molecular flexibility index (Phi) is 5.18. The highest BCUT2D eigenvalue weighted by Gasteiger charge is 2.24. The smallest absolute Gasteiger partial charge is 0.0704 e. The lowest BCUT2D eigenvalue weighted by Crippen LogP contribution is -2.44. The normalized spacial score (nSPS) is 25.4. The van der Waals surface area contributed by atoms with Crippen molar-refractivity contribution < 1.29 is 0 Å². The van der Waals surface area contributed by atoms with Crippen LogP contribution in [0.3, 0.4) is 0 Å². The Labute approximate surface area is 135 Å². The zero-order valence-corrected chi connectivity index (χ0v) is 14.7. The summed E-state index contributed by atoms with van der Waals surface area (Å²) in [7, 11) is 0. The van der Waals surface area contributed by atoms with Crippen LogP contribution in [0.15, 0.2) is 9.85 Å². The molecule has 112 valence electrons. The third-order valence-electron chi connectivity index (χ3n) is 4.76. The van der Waals surface area contributed by atoms with Crippen LogP contribution in [0.4, 0.5) is 0 Å². The van der Waals surface area contributed by atoms with E-state index in [1.807, 2.05) is 11.3 Å². The maximum Gasteiger partial charge on any atom is 0.0704 e. The van der Waals surface area contributed by atoms with Gasteiger partial charge in [0, 0.05) is 23.5 Å². The molecule has 1 aromatic rings. The predicted molar refractivity (Wildman–Crippen MR) is 90.6 cm³/mol. The van der Waals surface area contributed by atoms with Gasteiger partial charge in [0.15, 0.2) is 0 Å². The number of halogens is 1.